The number of carbonyl (C=O) groups is 1. The summed E-state index contributed by atoms with van der Waals surface area (Å²) < 4.78 is 13.6. The number of carbonyl (C=O) groups excluding carboxylic acids is 1. The van der Waals surface area contributed by atoms with Crippen LogP contribution in [0.1, 0.15) is 33.2 Å². The standard InChI is InChI=1S/C21H24N2O4S/c1-5-18(27-16-9-7-15(26-4)8-10-16)20(24)22-14-6-11-17-19(12-14)28-21(25)23(17)13(2)3/h6-13,18H,5H2,1-4H3,(H,22,24)/t18-/m1/s1. The van der Waals surface area contributed by atoms with Crippen LogP contribution in [0.3, 0.4) is 0 Å². The Balaban J connectivity index is 1.75. The first kappa shape index (κ1) is 19.9. The summed E-state index contributed by atoms with van der Waals surface area (Å²) in [5, 5.41) is 2.89. The van der Waals surface area contributed by atoms with Gasteiger partial charge < -0.3 is 14.8 Å². The summed E-state index contributed by atoms with van der Waals surface area (Å²) in [5.74, 6) is 1.10. The van der Waals surface area contributed by atoms with Crippen molar-refractivity contribution in [3.63, 3.8) is 0 Å². The van der Waals surface area contributed by atoms with Crippen LogP contribution in [0.2, 0.25) is 0 Å². The lowest BCUT2D eigenvalue weighted by Gasteiger charge is -2.17. The summed E-state index contributed by atoms with van der Waals surface area (Å²) in [6, 6.07) is 12.7. The second-order valence-electron chi connectivity index (χ2n) is 6.69. The maximum atomic E-state index is 12.7. The molecule has 1 atom stereocenters. The molecule has 1 heterocycles. The maximum Gasteiger partial charge on any atom is 0.308 e. The number of hydrogen-bond acceptors (Lipinski definition) is 5. The minimum absolute atomic E-state index is 0.00255. The van der Waals surface area contributed by atoms with E-state index in [-0.39, 0.29) is 16.8 Å². The van der Waals surface area contributed by atoms with Crippen molar-refractivity contribution in [3.8, 4) is 11.5 Å². The van der Waals surface area contributed by atoms with E-state index in [4.69, 9.17) is 9.47 Å². The van der Waals surface area contributed by atoms with Crippen LogP contribution in [0.4, 0.5) is 5.69 Å². The Labute approximate surface area is 167 Å². The van der Waals surface area contributed by atoms with E-state index in [0.717, 1.165) is 16.0 Å². The molecule has 0 aliphatic heterocycles. The summed E-state index contributed by atoms with van der Waals surface area (Å²) in [6.07, 6.45) is -0.0972. The number of nitrogens with zero attached hydrogens (tertiary/aromatic N) is 1. The van der Waals surface area contributed by atoms with E-state index in [9.17, 15) is 9.59 Å². The Hall–Kier alpha value is -2.80. The van der Waals surface area contributed by atoms with Gasteiger partial charge in [-0.1, -0.05) is 18.3 Å². The van der Waals surface area contributed by atoms with Gasteiger partial charge in [0.1, 0.15) is 11.5 Å². The van der Waals surface area contributed by atoms with Gasteiger partial charge in [0.25, 0.3) is 5.91 Å². The third-order valence-corrected chi connectivity index (χ3v) is 5.32. The molecular weight excluding hydrogens is 376 g/mol. The van der Waals surface area contributed by atoms with Crippen molar-refractivity contribution < 1.29 is 14.3 Å². The average Bonchev–Trinajstić information content (AvgIpc) is 3.01. The normalized spacial score (nSPS) is 12.2. The lowest BCUT2D eigenvalue weighted by Crippen LogP contribution is -2.32. The molecule has 3 rings (SSSR count). The van der Waals surface area contributed by atoms with Crippen LogP contribution in [0.5, 0.6) is 11.5 Å². The summed E-state index contributed by atoms with van der Waals surface area (Å²) in [6.45, 7) is 5.85. The smallest absolute Gasteiger partial charge is 0.308 e. The molecular formula is C21H24N2O4S. The van der Waals surface area contributed by atoms with E-state index in [1.165, 1.54) is 11.3 Å². The molecule has 0 saturated heterocycles. The van der Waals surface area contributed by atoms with Crippen molar-refractivity contribution in [2.24, 2.45) is 0 Å². The number of thiazole rings is 1. The van der Waals surface area contributed by atoms with E-state index >= 15 is 0 Å². The first-order chi connectivity index (χ1) is 13.4. The molecule has 0 bridgehead atoms. The molecule has 1 amide bonds. The Bertz CT molecular complexity index is 1020. The molecule has 0 saturated carbocycles. The van der Waals surface area contributed by atoms with Gasteiger partial charge in [0, 0.05) is 11.7 Å². The number of rotatable bonds is 7. The Morgan fingerprint density at radius 3 is 2.43 bits per heavy atom. The van der Waals surface area contributed by atoms with Gasteiger partial charge in [-0.2, -0.15) is 0 Å². The Morgan fingerprint density at radius 2 is 1.82 bits per heavy atom. The zero-order chi connectivity index (χ0) is 20.3. The number of methoxy groups -OCH3 is 1. The van der Waals surface area contributed by atoms with Crippen LogP contribution in [0.25, 0.3) is 10.2 Å². The molecule has 1 aromatic heterocycles. The quantitative estimate of drug-likeness (QED) is 0.636. The van der Waals surface area contributed by atoms with Crippen LogP contribution in [-0.4, -0.2) is 23.7 Å². The molecule has 1 N–H and O–H groups in total. The van der Waals surface area contributed by atoms with Crippen molar-refractivity contribution in [1.29, 1.82) is 0 Å². The van der Waals surface area contributed by atoms with E-state index < -0.39 is 6.10 Å². The fourth-order valence-electron chi connectivity index (χ4n) is 2.97. The number of anilines is 1. The van der Waals surface area contributed by atoms with Gasteiger partial charge in [0.15, 0.2) is 6.10 Å². The summed E-state index contributed by atoms with van der Waals surface area (Å²) in [5.41, 5.74) is 1.52. The molecule has 0 fully saturated rings. The number of benzene rings is 2. The van der Waals surface area contributed by atoms with Gasteiger partial charge in [0.2, 0.25) is 0 Å². The number of amides is 1. The first-order valence-corrected chi connectivity index (χ1v) is 10.0. The van der Waals surface area contributed by atoms with Crippen molar-refractivity contribution in [1.82, 2.24) is 4.57 Å². The van der Waals surface area contributed by atoms with E-state index in [0.29, 0.717) is 17.9 Å². The molecule has 28 heavy (non-hydrogen) atoms. The fraction of sp³-hybridized carbons (Fsp3) is 0.333. The third kappa shape index (κ3) is 4.20. The third-order valence-electron chi connectivity index (χ3n) is 4.40. The average molecular weight is 401 g/mol. The Morgan fingerprint density at radius 1 is 1.14 bits per heavy atom. The highest BCUT2D eigenvalue weighted by atomic mass is 32.1. The summed E-state index contributed by atoms with van der Waals surface area (Å²) >= 11 is 1.18. The van der Waals surface area contributed by atoms with E-state index in [1.807, 2.05) is 39.0 Å². The molecule has 7 heteroatoms. The number of nitrogens with one attached hydrogen (secondary N) is 1. The number of hydrogen-bond donors (Lipinski definition) is 1. The van der Waals surface area contributed by atoms with Crippen molar-refractivity contribution >= 4 is 33.1 Å². The van der Waals surface area contributed by atoms with Gasteiger partial charge >= 0.3 is 4.87 Å². The van der Waals surface area contributed by atoms with Crippen LogP contribution in [-0.2, 0) is 4.79 Å². The second kappa shape index (κ2) is 8.48. The minimum Gasteiger partial charge on any atom is -0.497 e. The fourth-order valence-corrected chi connectivity index (χ4v) is 4.02. The minimum atomic E-state index is -0.622. The van der Waals surface area contributed by atoms with Gasteiger partial charge in [0.05, 0.1) is 17.3 Å². The molecule has 2 aromatic carbocycles. The molecule has 0 aliphatic rings. The number of aromatic nitrogens is 1. The monoisotopic (exact) mass is 400 g/mol. The van der Waals surface area contributed by atoms with Crippen LogP contribution in [0, 0.1) is 0 Å². The van der Waals surface area contributed by atoms with Gasteiger partial charge in [-0.05, 0) is 62.7 Å². The highest BCUT2D eigenvalue weighted by molar-refractivity contribution is 7.16. The van der Waals surface area contributed by atoms with Gasteiger partial charge in [-0.25, -0.2) is 0 Å². The van der Waals surface area contributed by atoms with Crippen molar-refractivity contribution in [2.75, 3.05) is 12.4 Å². The summed E-state index contributed by atoms with van der Waals surface area (Å²) in [4.78, 5) is 24.8. The SMILES string of the molecule is CC[C@@H](Oc1ccc(OC)cc1)C(=O)Nc1ccc2c(c1)sc(=O)n2C(C)C. The molecule has 0 spiro atoms. The predicted octanol–water partition coefficient (Wildman–Crippen LogP) is 4.45. The van der Waals surface area contributed by atoms with Crippen molar-refractivity contribution in [2.45, 2.75) is 39.3 Å². The largest absolute Gasteiger partial charge is 0.497 e. The van der Waals surface area contributed by atoms with Crippen molar-refractivity contribution in [3.05, 3.63) is 52.1 Å². The zero-order valence-corrected chi connectivity index (χ0v) is 17.2. The first-order valence-electron chi connectivity index (χ1n) is 9.19. The Kier molecular flexibility index (Phi) is 6.04. The molecule has 3 aromatic rings. The van der Waals surface area contributed by atoms with E-state index in [1.54, 1.807) is 35.9 Å². The molecule has 0 unspecified atom stereocenters. The maximum absolute atomic E-state index is 12.7. The van der Waals surface area contributed by atoms with Crippen LogP contribution in [0.15, 0.2) is 47.3 Å². The number of ether oxygens (including phenoxy) is 2. The molecule has 0 aliphatic carbocycles. The topological polar surface area (TPSA) is 69.6 Å². The molecule has 0 radical (unpaired) electrons. The lowest BCUT2D eigenvalue weighted by atomic mass is 10.2. The van der Waals surface area contributed by atoms with Gasteiger partial charge in [-0.15, -0.1) is 0 Å². The zero-order valence-electron chi connectivity index (χ0n) is 16.4. The molecule has 148 valence electrons. The predicted molar refractivity (Wildman–Crippen MR) is 113 cm³/mol. The second-order valence-corrected chi connectivity index (χ2v) is 7.69. The van der Waals surface area contributed by atoms with Crippen LogP contribution < -0.4 is 19.7 Å². The molecule has 6 nitrogen and oxygen atoms in total. The van der Waals surface area contributed by atoms with Crippen LogP contribution >= 0.6 is 11.3 Å². The highest BCUT2D eigenvalue weighted by Gasteiger charge is 2.19. The van der Waals surface area contributed by atoms with Gasteiger partial charge in [-0.3, -0.25) is 14.2 Å². The van der Waals surface area contributed by atoms with E-state index in [2.05, 4.69) is 5.32 Å². The number of fused-ring (bicyclic) bond motifs is 1. The highest BCUT2D eigenvalue weighted by Crippen LogP contribution is 2.25. The summed E-state index contributed by atoms with van der Waals surface area (Å²) in [7, 11) is 1.60. The lowest BCUT2D eigenvalue weighted by molar-refractivity contribution is -0.122.